The number of fused-ring (bicyclic) bond motifs is 1. The van der Waals surface area contributed by atoms with Crippen LogP contribution < -0.4 is 5.56 Å². The van der Waals surface area contributed by atoms with Crippen LogP contribution in [0.3, 0.4) is 0 Å². The maximum absolute atomic E-state index is 12.5. The van der Waals surface area contributed by atoms with Gasteiger partial charge in [0, 0.05) is 12.2 Å². The average Bonchev–Trinajstić information content (AvgIpc) is 3.15. The van der Waals surface area contributed by atoms with Gasteiger partial charge in [-0.3, -0.25) is 4.79 Å². The van der Waals surface area contributed by atoms with E-state index in [4.69, 9.17) is 4.52 Å². The largest absolute Gasteiger partial charge is 0.337 e. The second-order valence-electron chi connectivity index (χ2n) is 8.08. The first-order valence-corrected chi connectivity index (χ1v) is 11.7. The van der Waals surface area contributed by atoms with Crippen molar-refractivity contribution in [2.45, 2.75) is 39.3 Å². The molecule has 0 radical (unpaired) electrons. The SMILES string of the molecule is CC(C)Cc1ccc(-c2noc(C3Cc4ccccc4CN3S(C)(=O)=O)n2)c(=O)[nH]1. The lowest BCUT2D eigenvalue weighted by Crippen LogP contribution is -2.38. The molecule has 1 atom stereocenters. The average molecular weight is 429 g/mol. The molecule has 30 heavy (non-hydrogen) atoms. The molecule has 1 unspecified atom stereocenters. The van der Waals surface area contributed by atoms with Crippen molar-refractivity contribution < 1.29 is 12.9 Å². The lowest BCUT2D eigenvalue weighted by molar-refractivity contribution is 0.233. The molecule has 8 nitrogen and oxygen atoms in total. The van der Waals surface area contributed by atoms with Gasteiger partial charge in [0.15, 0.2) is 0 Å². The highest BCUT2D eigenvalue weighted by atomic mass is 32.2. The zero-order valence-corrected chi connectivity index (χ0v) is 17.9. The van der Waals surface area contributed by atoms with Gasteiger partial charge in [-0.05, 0) is 42.0 Å². The van der Waals surface area contributed by atoms with Crippen molar-refractivity contribution in [1.29, 1.82) is 0 Å². The van der Waals surface area contributed by atoms with Crippen LogP contribution in [0.15, 0.2) is 45.7 Å². The van der Waals surface area contributed by atoms with Crippen LogP contribution in [0.4, 0.5) is 0 Å². The van der Waals surface area contributed by atoms with E-state index in [2.05, 4.69) is 29.0 Å². The van der Waals surface area contributed by atoms with Crippen molar-refractivity contribution in [3.63, 3.8) is 0 Å². The number of H-pyrrole nitrogens is 1. The Morgan fingerprint density at radius 2 is 1.93 bits per heavy atom. The van der Waals surface area contributed by atoms with Crippen LogP contribution in [0.1, 0.15) is 42.6 Å². The Bertz CT molecular complexity index is 1230. The lowest BCUT2D eigenvalue weighted by Gasteiger charge is -2.32. The molecule has 3 aromatic rings. The lowest BCUT2D eigenvalue weighted by atomic mass is 9.96. The number of benzene rings is 1. The summed E-state index contributed by atoms with van der Waals surface area (Å²) in [7, 11) is -3.51. The Kier molecular flexibility index (Phi) is 5.33. The highest BCUT2D eigenvalue weighted by Gasteiger charge is 2.36. The highest BCUT2D eigenvalue weighted by molar-refractivity contribution is 7.88. The normalized spacial score (nSPS) is 17.3. The monoisotopic (exact) mass is 428 g/mol. The Morgan fingerprint density at radius 1 is 1.20 bits per heavy atom. The molecule has 9 heteroatoms. The van der Waals surface area contributed by atoms with Gasteiger partial charge in [0.1, 0.15) is 6.04 Å². The Labute approximate surface area is 175 Å². The Hall–Kier alpha value is -2.78. The predicted molar refractivity (Wildman–Crippen MR) is 112 cm³/mol. The standard InChI is InChI=1S/C21H24N4O4S/c1-13(2)10-16-8-9-17(20(26)22-16)19-23-21(29-24-19)18-11-14-6-4-5-7-15(14)12-25(18)30(3,27)28/h4-9,13,18H,10-12H2,1-3H3,(H,22,26). The fraction of sp³-hybridized carbons (Fsp3) is 0.381. The zero-order valence-electron chi connectivity index (χ0n) is 17.1. The number of hydrogen-bond donors (Lipinski definition) is 1. The third kappa shape index (κ3) is 4.08. The van der Waals surface area contributed by atoms with Gasteiger partial charge in [0.05, 0.1) is 11.8 Å². The topological polar surface area (TPSA) is 109 Å². The van der Waals surface area contributed by atoms with Crippen molar-refractivity contribution >= 4 is 10.0 Å². The summed E-state index contributed by atoms with van der Waals surface area (Å²) in [5.74, 6) is 0.740. The van der Waals surface area contributed by atoms with Gasteiger partial charge in [-0.15, -0.1) is 0 Å². The summed E-state index contributed by atoms with van der Waals surface area (Å²) < 4.78 is 31.6. The van der Waals surface area contributed by atoms with Gasteiger partial charge >= 0.3 is 0 Å². The summed E-state index contributed by atoms with van der Waals surface area (Å²) in [5.41, 5.74) is 2.83. The molecular formula is C21H24N4O4S. The molecule has 2 aromatic heterocycles. The Morgan fingerprint density at radius 3 is 2.60 bits per heavy atom. The molecule has 4 rings (SSSR count). The van der Waals surface area contributed by atoms with E-state index in [1.54, 1.807) is 6.07 Å². The maximum Gasteiger partial charge on any atom is 0.259 e. The molecule has 3 heterocycles. The fourth-order valence-corrected chi connectivity index (χ4v) is 4.79. The summed E-state index contributed by atoms with van der Waals surface area (Å²) >= 11 is 0. The molecule has 0 saturated heterocycles. The molecule has 0 bridgehead atoms. The summed E-state index contributed by atoms with van der Waals surface area (Å²) in [6.45, 7) is 4.39. The minimum Gasteiger partial charge on any atom is -0.337 e. The smallest absolute Gasteiger partial charge is 0.259 e. The summed E-state index contributed by atoms with van der Waals surface area (Å²) in [4.78, 5) is 19.8. The van der Waals surface area contributed by atoms with E-state index in [1.165, 1.54) is 10.6 Å². The third-order valence-corrected chi connectivity index (χ3v) is 6.43. The summed E-state index contributed by atoms with van der Waals surface area (Å²) in [5, 5.41) is 3.96. The number of aromatic amines is 1. The van der Waals surface area contributed by atoms with E-state index >= 15 is 0 Å². The molecule has 0 saturated carbocycles. The van der Waals surface area contributed by atoms with Crippen LogP contribution in [0.5, 0.6) is 0 Å². The number of rotatable bonds is 5. The molecule has 0 fully saturated rings. The van der Waals surface area contributed by atoms with E-state index in [0.717, 1.165) is 23.2 Å². The summed E-state index contributed by atoms with van der Waals surface area (Å²) in [6, 6.07) is 10.6. The zero-order chi connectivity index (χ0) is 21.5. The van der Waals surface area contributed by atoms with Crippen LogP contribution in [-0.2, 0) is 29.4 Å². The van der Waals surface area contributed by atoms with Crippen molar-refractivity contribution in [1.82, 2.24) is 19.4 Å². The first-order valence-electron chi connectivity index (χ1n) is 9.82. The Balaban J connectivity index is 1.68. The maximum atomic E-state index is 12.5. The number of hydrogen-bond acceptors (Lipinski definition) is 6. The molecule has 0 spiro atoms. The van der Waals surface area contributed by atoms with Gasteiger partial charge in [0.25, 0.3) is 5.56 Å². The second-order valence-corrected chi connectivity index (χ2v) is 10.0. The summed E-state index contributed by atoms with van der Waals surface area (Å²) in [6.07, 6.45) is 2.36. The molecule has 0 amide bonds. The van der Waals surface area contributed by atoms with E-state index < -0.39 is 16.1 Å². The first-order chi connectivity index (χ1) is 14.2. The quantitative estimate of drug-likeness (QED) is 0.669. The first kappa shape index (κ1) is 20.5. The predicted octanol–water partition coefficient (Wildman–Crippen LogP) is 2.68. The van der Waals surface area contributed by atoms with Crippen LogP contribution in [0, 0.1) is 5.92 Å². The molecule has 1 N–H and O–H groups in total. The van der Waals surface area contributed by atoms with E-state index in [0.29, 0.717) is 17.9 Å². The fourth-order valence-electron chi connectivity index (χ4n) is 3.79. The van der Waals surface area contributed by atoms with Crippen LogP contribution >= 0.6 is 0 Å². The van der Waals surface area contributed by atoms with E-state index in [9.17, 15) is 13.2 Å². The minimum absolute atomic E-state index is 0.148. The number of nitrogens with zero attached hydrogens (tertiary/aromatic N) is 3. The number of nitrogens with one attached hydrogen (secondary N) is 1. The van der Waals surface area contributed by atoms with Gasteiger partial charge in [0.2, 0.25) is 21.7 Å². The minimum atomic E-state index is -3.51. The van der Waals surface area contributed by atoms with Gasteiger partial charge in [-0.25, -0.2) is 8.42 Å². The van der Waals surface area contributed by atoms with Gasteiger partial charge in [-0.1, -0.05) is 43.3 Å². The van der Waals surface area contributed by atoms with Crippen molar-refractivity contribution in [2.75, 3.05) is 6.26 Å². The third-order valence-electron chi connectivity index (χ3n) is 5.20. The van der Waals surface area contributed by atoms with Crippen LogP contribution in [0.25, 0.3) is 11.4 Å². The molecule has 1 aliphatic rings. The van der Waals surface area contributed by atoms with Gasteiger partial charge < -0.3 is 9.51 Å². The molecule has 158 valence electrons. The highest BCUT2D eigenvalue weighted by Crippen LogP contribution is 2.34. The van der Waals surface area contributed by atoms with Crippen molar-refractivity contribution in [2.24, 2.45) is 5.92 Å². The van der Waals surface area contributed by atoms with Gasteiger partial charge in [-0.2, -0.15) is 9.29 Å². The van der Waals surface area contributed by atoms with Crippen LogP contribution in [-0.4, -0.2) is 34.1 Å². The molecular weight excluding hydrogens is 404 g/mol. The van der Waals surface area contributed by atoms with Crippen molar-refractivity contribution in [3.05, 3.63) is 69.5 Å². The van der Waals surface area contributed by atoms with Crippen molar-refractivity contribution in [3.8, 4) is 11.4 Å². The number of aromatic nitrogens is 3. The molecule has 0 aliphatic carbocycles. The number of sulfonamides is 1. The second kappa shape index (κ2) is 7.81. The molecule has 1 aromatic carbocycles. The van der Waals surface area contributed by atoms with E-state index in [1.807, 2.05) is 30.3 Å². The molecule has 1 aliphatic heterocycles. The van der Waals surface area contributed by atoms with E-state index in [-0.39, 0.29) is 23.8 Å². The number of pyridine rings is 1. The van der Waals surface area contributed by atoms with Crippen LogP contribution in [0.2, 0.25) is 0 Å².